The third kappa shape index (κ3) is 3.57. The van der Waals surface area contributed by atoms with Crippen molar-refractivity contribution in [2.24, 2.45) is 0 Å². The molecule has 2 aromatic rings. The first-order chi connectivity index (χ1) is 10.1. The molecule has 0 bridgehead atoms. The van der Waals surface area contributed by atoms with Gasteiger partial charge in [-0.3, -0.25) is 4.98 Å². The van der Waals surface area contributed by atoms with E-state index in [0.29, 0.717) is 0 Å². The summed E-state index contributed by atoms with van der Waals surface area (Å²) < 4.78 is 26.5. The van der Waals surface area contributed by atoms with Crippen molar-refractivity contribution in [2.45, 2.75) is 11.4 Å². The summed E-state index contributed by atoms with van der Waals surface area (Å²) in [6, 6.07) is 10.6. The lowest BCUT2D eigenvalue weighted by Crippen LogP contribution is -2.33. The summed E-state index contributed by atoms with van der Waals surface area (Å²) in [5.74, 6) is 0. The standard InChI is InChI=1S/C14H17N3O3S/c15-13-6-7-16-10-14(13)21(19,20)17(8-9-18)11-12-4-2-1-3-5-12/h1-7,10,18H,8-9,11H2,(H2,15,16). The van der Waals surface area contributed by atoms with E-state index in [1.54, 1.807) is 0 Å². The zero-order valence-corrected chi connectivity index (χ0v) is 12.2. The van der Waals surface area contributed by atoms with Crippen LogP contribution >= 0.6 is 0 Å². The van der Waals surface area contributed by atoms with Crippen LogP contribution in [-0.4, -0.2) is 36.0 Å². The van der Waals surface area contributed by atoms with Gasteiger partial charge in [0, 0.05) is 25.5 Å². The van der Waals surface area contributed by atoms with E-state index >= 15 is 0 Å². The third-order valence-electron chi connectivity index (χ3n) is 2.99. The van der Waals surface area contributed by atoms with Crippen LogP contribution in [0, 0.1) is 0 Å². The number of aliphatic hydroxyl groups excluding tert-OH is 1. The van der Waals surface area contributed by atoms with Gasteiger partial charge in [-0.2, -0.15) is 4.31 Å². The maximum Gasteiger partial charge on any atom is 0.247 e. The van der Waals surface area contributed by atoms with Crippen molar-refractivity contribution in [3.8, 4) is 0 Å². The molecular weight excluding hydrogens is 290 g/mol. The van der Waals surface area contributed by atoms with E-state index in [1.165, 1.54) is 22.8 Å². The molecule has 1 aromatic carbocycles. The van der Waals surface area contributed by atoms with Gasteiger partial charge in [0.05, 0.1) is 12.3 Å². The predicted molar refractivity (Wildman–Crippen MR) is 79.8 cm³/mol. The minimum absolute atomic E-state index is 0.00837. The van der Waals surface area contributed by atoms with Crippen LogP contribution in [0.5, 0.6) is 0 Å². The second-order valence-corrected chi connectivity index (χ2v) is 6.37. The number of hydrogen-bond donors (Lipinski definition) is 2. The Labute approximate surface area is 123 Å². The summed E-state index contributed by atoms with van der Waals surface area (Å²) in [7, 11) is -3.81. The monoisotopic (exact) mass is 307 g/mol. The van der Waals surface area contributed by atoms with Crippen LogP contribution in [0.1, 0.15) is 5.56 Å². The number of pyridine rings is 1. The van der Waals surface area contributed by atoms with E-state index in [9.17, 15) is 8.42 Å². The quantitative estimate of drug-likeness (QED) is 0.824. The molecule has 2 rings (SSSR count). The molecule has 0 amide bonds. The zero-order chi connectivity index (χ0) is 15.3. The van der Waals surface area contributed by atoms with Gasteiger partial charge in [0.25, 0.3) is 0 Å². The van der Waals surface area contributed by atoms with Gasteiger partial charge < -0.3 is 10.8 Å². The minimum atomic E-state index is -3.81. The fraction of sp³-hybridized carbons (Fsp3) is 0.214. The molecule has 1 heterocycles. The van der Waals surface area contributed by atoms with Crippen molar-refractivity contribution < 1.29 is 13.5 Å². The molecule has 112 valence electrons. The molecule has 21 heavy (non-hydrogen) atoms. The Morgan fingerprint density at radius 1 is 1.19 bits per heavy atom. The van der Waals surface area contributed by atoms with E-state index in [-0.39, 0.29) is 30.3 Å². The lowest BCUT2D eigenvalue weighted by Gasteiger charge is -2.22. The molecule has 7 heteroatoms. The first-order valence-corrected chi connectivity index (χ1v) is 7.84. The van der Waals surface area contributed by atoms with Crippen LogP contribution in [0.3, 0.4) is 0 Å². The number of rotatable bonds is 6. The highest BCUT2D eigenvalue weighted by atomic mass is 32.2. The number of nitrogens with two attached hydrogens (primary N) is 1. The Hall–Kier alpha value is -1.96. The van der Waals surface area contributed by atoms with Gasteiger partial charge >= 0.3 is 0 Å². The van der Waals surface area contributed by atoms with Gasteiger partial charge in [0.15, 0.2) is 0 Å². The lowest BCUT2D eigenvalue weighted by atomic mass is 10.2. The zero-order valence-electron chi connectivity index (χ0n) is 11.4. The predicted octanol–water partition coefficient (Wildman–Crippen LogP) is 0.847. The summed E-state index contributed by atoms with van der Waals surface area (Å²) >= 11 is 0. The lowest BCUT2D eigenvalue weighted by molar-refractivity contribution is 0.251. The minimum Gasteiger partial charge on any atom is -0.398 e. The fourth-order valence-corrected chi connectivity index (χ4v) is 3.41. The highest BCUT2D eigenvalue weighted by Gasteiger charge is 2.26. The molecule has 0 atom stereocenters. The number of nitrogens with zero attached hydrogens (tertiary/aromatic N) is 2. The average Bonchev–Trinajstić information content (AvgIpc) is 2.48. The second-order valence-electron chi connectivity index (χ2n) is 4.46. The molecule has 0 fully saturated rings. The molecule has 0 radical (unpaired) electrons. The molecule has 0 aliphatic rings. The van der Waals surface area contributed by atoms with Crippen LogP contribution in [-0.2, 0) is 16.6 Å². The van der Waals surface area contributed by atoms with Crippen molar-refractivity contribution >= 4 is 15.7 Å². The number of benzene rings is 1. The van der Waals surface area contributed by atoms with Crippen LogP contribution < -0.4 is 5.73 Å². The van der Waals surface area contributed by atoms with Crippen LogP contribution in [0.25, 0.3) is 0 Å². The first kappa shape index (κ1) is 15.4. The molecule has 3 N–H and O–H groups in total. The summed E-state index contributed by atoms with van der Waals surface area (Å²) in [5.41, 5.74) is 6.70. The smallest absolute Gasteiger partial charge is 0.247 e. The fourth-order valence-electron chi connectivity index (χ4n) is 1.93. The van der Waals surface area contributed by atoms with Crippen molar-refractivity contribution in [3.05, 3.63) is 54.4 Å². The highest BCUT2D eigenvalue weighted by Crippen LogP contribution is 2.22. The summed E-state index contributed by atoms with van der Waals surface area (Å²) in [4.78, 5) is 3.77. The van der Waals surface area contributed by atoms with E-state index in [1.807, 2.05) is 30.3 Å². The molecular formula is C14H17N3O3S. The van der Waals surface area contributed by atoms with E-state index < -0.39 is 10.0 Å². The van der Waals surface area contributed by atoms with Gasteiger partial charge in [-0.25, -0.2) is 8.42 Å². The summed E-state index contributed by atoms with van der Waals surface area (Å²) in [5, 5.41) is 9.14. The SMILES string of the molecule is Nc1ccncc1S(=O)(=O)N(CCO)Cc1ccccc1. The average molecular weight is 307 g/mol. The van der Waals surface area contributed by atoms with Crippen LogP contribution in [0.2, 0.25) is 0 Å². The molecule has 0 spiro atoms. The Balaban J connectivity index is 2.35. The third-order valence-corrected chi connectivity index (χ3v) is 4.87. The van der Waals surface area contributed by atoms with Gasteiger partial charge in [-0.15, -0.1) is 0 Å². The Kier molecular flexibility index (Phi) is 4.89. The molecule has 0 saturated carbocycles. The van der Waals surface area contributed by atoms with Crippen molar-refractivity contribution in [3.63, 3.8) is 0 Å². The number of aliphatic hydroxyl groups is 1. The van der Waals surface area contributed by atoms with Crippen molar-refractivity contribution in [2.75, 3.05) is 18.9 Å². The van der Waals surface area contributed by atoms with Gasteiger partial charge in [0.1, 0.15) is 4.90 Å². The normalized spacial score (nSPS) is 11.7. The van der Waals surface area contributed by atoms with Gasteiger partial charge in [0.2, 0.25) is 10.0 Å². The maximum absolute atomic E-state index is 12.6. The molecule has 1 aromatic heterocycles. The van der Waals surface area contributed by atoms with Crippen LogP contribution in [0.4, 0.5) is 5.69 Å². The first-order valence-electron chi connectivity index (χ1n) is 6.40. The van der Waals surface area contributed by atoms with Crippen molar-refractivity contribution in [1.82, 2.24) is 9.29 Å². The summed E-state index contributed by atoms with van der Waals surface area (Å²) in [6.07, 6.45) is 2.65. The number of aromatic nitrogens is 1. The topological polar surface area (TPSA) is 96.5 Å². The van der Waals surface area contributed by atoms with E-state index in [2.05, 4.69) is 4.98 Å². The Morgan fingerprint density at radius 2 is 1.90 bits per heavy atom. The van der Waals surface area contributed by atoms with Crippen LogP contribution in [0.15, 0.2) is 53.7 Å². The van der Waals surface area contributed by atoms with E-state index in [0.717, 1.165) is 5.56 Å². The second kappa shape index (κ2) is 6.66. The maximum atomic E-state index is 12.6. The van der Waals surface area contributed by atoms with Crippen molar-refractivity contribution in [1.29, 1.82) is 0 Å². The summed E-state index contributed by atoms with van der Waals surface area (Å²) in [6.45, 7) is -0.115. The molecule has 0 unspecified atom stereocenters. The van der Waals surface area contributed by atoms with Gasteiger partial charge in [-0.1, -0.05) is 30.3 Å². The highest BCUT2D eigenvalue weighted by molar-refractivity contribution is 7.89. The Morgan fingerprint density at radius 3 is 2.52 bits per heavy atom. The molecule has 0 saturated heterocycles. The van der Waals surface area contributed by atoms with E-state index in [4.69, 9.17) is 10.8 Å². The molecule has 6 nitrogen and oxygen atoms in total. The molecule has 0 aliphatic carbocycles. The number of hydrogen-bond acceptors (Lipinski definition) is 5. The largest absolute Gasteiger partial charge is 0.398 e. The number of nitrogen functional groups attached to an aromatic ring is 1. The Bertz CT molecular complexity index is 690. The molecule has 0 aliphatic heterocycles. The number of sulfonamides is 1. The van der Waals surface area contributed by atoms with Gasteiger partial charge in [-0.05, 0) is 11.6 Å². The number of anilines is 1.